The molecule has 0 amide bonds. The van der Waals surface area contributed by atoms with Gasteiger partial charge in [-0.3, -0.25) is 0 Å². The smallest absolute Gasteiger partial charge is 0.0438 e. The maximum absolute atomic E-state index is 6.00. The molecule has 1 unspecified atom stereocenters. The van der Waals surface area contributed by atoms with E-state index in [4.69, 9.17) is 23.8 Å². The molecule has 0 aliphatic carbocycles. The van der Waals surface area contributed by atoms with Gasteiger partial charge < -0.3 is 5.73 Å². The zero-order chi connectivity index (χ0) is 10.6. The number of terminal acetylenes is 1. The van der Waals surface area contributed by atoms with Crippen molar-refractivity contribution in [2.75, 3.05) is 0 Å². The quantitative estimate of drug-likeness (QED) is 0.758. The molecule has 2 N–H and O–H groups in total. The Morgan fingerprint density at radius 1 is 1.57 bits per heavy atom. The van der Waals surface area contributed by atoms with Crippen LogP contribution in [0, 0.1) is 19.3 Å². The van der Waals surface area contributed by atoms with Gasteiger partial charge in [-0.05, 0) is 30.5 Å². The van der Waals surface area contributed by atoms with Crippen molar-refractivity contribution in [2.45, 2.75) is 25.8 Å². The summed E-state index contributed by atoms with van der Waals surface area (Å²) in [6.45, 7) is 1.98. The van der Waals surface area contributed by atoms with Crippen LogP contribution < -0.4 is 5.73 Å². The number of benzene rings is 1. The summed E-state index contributed by atoms with van der Waals surface area (Å²) in [6.07, 6.45) is 6.70. The minimum absolute atomic E-state index is 0.00949. The highest BCUT2D eigenvalue weighted by Gasteiger charge is 2.09. The molecule has 2 heteroatoms. The summed E-state index contributed by atoms with van der Waals surface area (Å²) in [7, 11) is 0. The second-order valence-corrected chi connectivity index (χ2v) is 3.71. The fraction of sp³-hybridized carbons (Fsp3) is 0.333. The van der Waals surface area contributed by atoms with E-state index in [0.29, 0.717) is 6.42 Å². The molecule has 0 aliphatic heterocycles. The molecule has 0 aromatic heterocycles. The first-order valence-electron chi connectivity index (χ1n) is 4.61. The molecule has 1 atom stereocenters. The maximum Gasteiger partial charge on any atom is 0.0438 e. The molecule has 0 aliphatic rings. The highest BCUT2D eigenvalue weighted by Crippen LogP contribution is 2.25. The van der Waals surface area contributed by atoms with Gasteiger partial charge in [-0.2, -0.15) is 0 Å². The zero-order valence-corrected chi connectivity index (χ0v) is 9.01. The van der Waals surface area contributed by atoms with E-state index in [-0.39, 0.29) is 6.04 Å². The number of hydrogen-bond acceptors (Lipinski definition) is 1. The highest BCUT2D eigenvalue weighted by atomic mass is 35.5. The highest BCUT2D eigenvalue weighted by molar-refractivity contribution is 6.31. The average molecular weight is 208 g/mol. The molecule has 0 saturated heterocycles. The van der Waals surface area contributed by atoms with Gasteiger partial charge in [-0.15, -0.1) is 12.3 Å². The van der Waals surface area contributed by atoms with Gasteiger partial charge in [0.1, 0.15) is 0 Å². The van der Waals surface area contributed by atoms with Gasteiger partial charge in [-0.25, -0.2) is 0 Å². The van der Waals surface area contributed by atoms with Crippen molar-refractivity contribution < 1.29 is 0 Å². The van der Waals surface area contributed by atoms with Gasteiger partial charge in [-0.1, -0.05) is 23.7 Å². The van der Waals surface area contributed by atoms with Crippen molar-refractivity contribution in [1.82, 2.24) is 0 Å². The standard InChI is InChI=1S/C12H14ClN/c1-3-4-8-12(14)10-6-5-7-11(13)9(10)2/h1,5-7,12H,4,8,14H2,2H3. The molecular formula is C12H14ClN. The Morgan fingerprint density at radius 2 is 2.29 bits per heavy atom. The lowest BCUT2D eigenvalue weighted by Crippen LogP contribution is -2.11. The Morgan fingerprint density at radius 3 is 2.93 bits per heavy atom. The lowest BCUT2D eigenvalue weighted by atomic mass is 9.98. The molecule has 1 aromatic carbocycles. The van der Waals surface area contributed by atoms with Crippen LogP contribution in [0.15, 0.2) is 18.2 Å². The van der Waals surface area contributed by atoms with Crippen molar-refractivity contribution in [2.24, 2.45) is 5.73 Å². The molecule has 1 nitrogen and oxygen atoms in total. The summed E-state index contributed by atoms with van der Waals surface area (Å²) >= 11 is 6.00. The second-order valence-electron chi connectivity index (χ2n) is 3.30. The third-order valence-electron chi connectivity index (χ3n) is 2.31. The summed E-state index contributed by atoms with van der Waals surface area (Å²) in [6, 6.07) is 5.78. The largest absolute Gasteiger partial charge is 0.324 e. The van der Waals surface area contributed by atoms with Crippen molar-refractivity contribution in [1.29, 1.82) is 0 Å². The van der Waals surface area contributed by atoms with Crippen LogP contribution in [0.5, 0.6) is 0 Å². The van der Waals surface area contributed by atoms with Gasteiger partial charge in [0.25, 0.3) is 0 Å². The number of hydrogen-bond donors (Lipinski definition) is 1. The van der Waals surface area contributed by atoms with E-state index in [2.05, 4.69) is 5.92 Å². The monoisotopic (exact) mass is 207 g/mol. The Balaban J connectivity index is 2.85. The Hall–Kier alpha value is -0.970. The normalized spacial score (nSPS) is 12.1. The van der Waals surface area contributed by atoms with Crippen LogP contribution in [0.2, 0.25) is 5.02 Å². The first-order chi connectivity index (χ1) is 6.66. The molecule has 0 spiro atoms. The number of halogens is 1. The van der Waals surface area contributed by atoms with Crippen molar-refractivity contribution in [3.8, 4) is 12.3 Å². The SMILES string of the molecule is C#CCCC(N)c1cccc(Cl)c1C. The minimum atomic E-state index is -0.00949. The number of nitrogens with two attached hydrogens (primary N) is 1. The molecule has 14 heavy (non-hydrogen) atoms. The van der Waals surface area contributed by atoms with Crippen LogP contribution in [-0.2, 0) is 0 Å². The van der Waals surface area contributed by atoms with E-state index in [9.17, 15) is 0 Å². The average Bonchev–Trinajstić information content (AvgIpc) is 2.18. The second kappa shape index (κ2) is 5.05. The Bertz CT molecular complexity index is 352. The summed E-state index contributed by atoms with van der Waals surface area (Å²) in [4.78, 5) is 0. The van der Waals surface area contributed by atoms with Crippen molar-refractivity contribution >= 4 is 11.6 Å². The lowest BCUT2D eigenvalue weighted by molar-refractivity contribution is 0.664. The third-order valence-corrected chi connectivity index (χ3v) is 2.72. The van der Waals surface area contributed by atoms with Crippen LogP contribution in [-0.4, -0.2) is 0 Å². The van der Waals surface area contributed by atoms with Gasteiger partial charge in [0, 0.05) is 17.5 Å². The molecule has 0 heterocycles. The van der Waals surface area contributed by atoms with Gasteiger partial charge in [0.2, 0.25) is 0 Å². The van der Waals surface area contributed by atoms with Crippen molar-refractivity contribution in [3.05, 3.63) is 34.3 Å². The predicted octanol–water partition coefficient (Wildman–Crippen LogP) is 3.06. The Kier molecular flexibility index (Phi) is 4.00. The fourth-order valence-electron chi connectivity index (χ4n) is 1.42. The van der Waals surface area contributed by atoms with Crippen molar-refractivity contribution in [3.63, 3.8) is 0 Å². The van der Waals surface area contributed by atoms with Crippen LogP contribution >= 0.6 is 11.6 Å². The summed E-state index contributed by atoms with van der Waals surface area (Å²) in [5, 5.41) is 0.763. The van der Waals surface area contributed by atoms with Crippen LogP contribution in [0.4, 0.5) is 0 Å². The van der Waals surface area contributed by atoms with Crippen LogP contribution in [0.3, 0.4) is 0 Å². The fourth-order valence-corrected chi connectivity index (χ4v) is 1.60. The first-order valence-corrected chi connectivity index (χ1v) is 4.98. The van der Waals surface area contributed by atoms with Gasteiger partial charge >= 0.3 is 0 Å². The topological polar surface area (TPSA) is 26.0 Å². The zero-order valence-electron chi connectivity index (χ0n) is 8.26. The van der Waals surface area contributed by atoms with E-state index < -0.39 is 0 Å². The van der Waals surface area contributed by atoms with Crippen LogP contribution in [0.1, 0.15) is 30.0 Å². The minimum Gasteiger partial charge on any atom is -0.324 e. The van der Waals surface area contributed by atoms with E-state index >= 15 is 0 Å². The molecule has 0 bridgehead atoms. The van der Waals surface area contributed by atoms with E-state index in [1.54, 1.807) is 0 Å². The molecule has 1 aromatic rings. The number of rotatable bonds is 3. The molecule has 74 valence electrons. The predicted molar refractivity (Wildman–Crippen MR) is 61.2 cm³/mol. The van der Waals surface area contributed by atoms with E-state index in [1.807, 2.05) is 25.1 Å². The molecule has 0 fully saturated rings. The molecule has 0 saturated carbocycles. The lowest BCUT2D eigenvalue weighted by Gasteiger charge is -2.14. The first kappa shape index (κ1) is 11.1. The van der Waals surface area contributed by atoms with Gasteiger partial charge in [0.05, 0.1) is 0 Å². The summed E-state index contributed by atoms with van der Waals surface area (Å²) < 4.78 is 0. The molecule has 1 rings (SSSR count). The third kappa shape index (κ3) is 2.51. The molecule has 0 radical (unpaired) electrons. The maximum atomic E-state index is 6.00. The molecular weight excluding hydrogens is 194 g/mol. The Labute approximate surface area is 90.3 Å². The van der Waals surface area contributed by atoms with Gasteiger partial charge in [0.15, 0.2) is 0 Å². The van der Waals surface area contributed by atoms with Crippen LogP contribution in [0.25, 0.3) is 0 Å². The summed E-state index contributed by atoms with van der Waals surface area (Å²) in [5.74, 6) is 2.59. The van der Waals surface area contributed by atoms with E-state index in [1.165, 1.54) is 0 Å². The van der Waals surface area contributed by atoms with E-state index in [0.717, 1.165) is 22.6 Å². The summed E-state index contributed by atoms with van der Waals surface area (Å²) in [5.41, 5.74) is 8.14.